The Balaban J connectivity index is 1.65. The SMILES string of the molecule is O=C(O)Nc1ccc2c(c1)N(S(=O)(=O)c1ccc(F)c(Cl)c1)CC(CNS(=O)(=O)N1CCCCC1)O2. The van der Waals surface area contributed by atoms with Gasteiger partial charge in [0.05, 0.1) is 28.7 Å². The van der Waals surface area contributed by atoms with Gasteiger partial charge in [-0.1, -0.05) is 18.0 Å². The largest absolute Gasteiger partial charge is 0.485 e. The van der Waals surface area contributed by atoms with Crippen LogP contribution >= 0.6 is 11.6 Å². The number of sulfonamides is 1. The molecule has 36 heavy (non-hydrogen) atoms. The Bertz CT molecular complexity index is 1370. The molecule has 15 heteroatoms. The van der Waals surface area contributed by atoms with E-state index in [1.54, 1.807) is 0 Å². The molecule has 2 aromatic rings. The van der Waals surface area contributed by atoms with Crippen LogP contribution in [0.3, 0.4) is 0 Å². The number of hydrogen-bond acceptors (Lipinski definition) is 6. The number of piperidine rings is 1. The third-order valence-electron chi connectivity index (χ3n) is 5.77. The van der Waals surface area contributed by atoms with Crippen LogP contribution in [0.15, 0.2) is 41.3 Å². The maximum absolute atomic E-state index is 13.7. The number of hydrogen-bond donors (Lipinski definition) is 3. The minimum Gasteiger partial charge on any atom is -0.485 e. The highest BCUT2D eigenvalue weighted by molar-refractivity contribution is 7.92. The van der Waals surface area contributed by atoms with Crippen molar-refractivity contribution >= 4 is 49.3 Å². The summed E-state index contributed by atoms with van der Waals surface area (Å²) in [5.41, 5.74) is 0.114. The lowest BCUT2D eigenvalue weighted by Gasteiger charge is -2.36. The van der Waals surface area contributed by atoms with Gasteiger partial charge >= 0.3 is 6.09 Å². The fourth-order valence-electron chi connectivity index (χ4n) is 4.01. The van der Waals surface area contributed by atoms with E-state index in [2.05, 4.69) is 10.0 Å². The molecule has 0 saturated carbocycles. The number of halogens is 2. The van der Waals surface area contributed by atoms with Gasteiger partial charge in [-0.3, -0.25) is 9.62 Å². The third-order valence-corrected chi connectivity index (χ3v) is 9.41. The summed E-state index contributed by atoms with van der Waals surface area (Å²) in [6.45, 7) is 0.275. The van der Waals surface area contributed by atoms with Crippen LogP contribution in [0.5, 0.6) is 5.75 Å². The lowest BCUT2D eigenvalue weighted by atomic mass is 10.2. The lowest BCUT2D eigenvalue weighted by molar-refractivity contribution is 0.201. The van der Waals surface area contributed by atoms with Gasteiger partial charge in [0.1, 0.15) is 17.7 Å². The normalized spacial score (nSPS) is 18.8. The Labute approximate surface area is 213 Å². The summed E-state index contributed by atoms with van der Waals surface area (Å²) in [4.78, 5) is 10.8. The minimum absolute atomic E-state index is 0.0248. The number of nitrogens with zero attached hydrogens (tertiary/aromatic N) is 2. The highest BCUT2D eigenvalue weighted by atomic mass is 35.5. The molecule has 1 fully saturated rings. The van der Waals surface area contributed by atoms with Crippen LogP contribution in [0.2, 0.25) is 5.02 Å². The van der Waals surface area contributed by atoms with Crippen molar-refractivity contribution in [3.05, 3.63) is 47.2 Å². The number of ether oxygens (including phenoxy) is 1. The predicted octanol–water partition coefficient (Wildman–Crippen LogP) is 2.85. The highest BCUT2D eigenvalue weighted by Gasteiger charge is 2.36. The topological polar surface area (TPSA) is 145 Å². The zero-order chi connectivity index (χ0) is 26.1. The Morgan fingerprint density at radius 3 is 2.50 bits per heavy atom. The van der Waals surface area contributed by atoms with Crippen molar-refractivity contribution in [3.63, 3.8) is 0 Å². The van der Waals surface area contributed by atoms with E-state index in [0.29, 0.717) is 13.1 Å². The Hall–Kier alpha value is -2.65. The number of amides is 1. The van der Waals surface area contributed by atoms with Gasteiger partial charge in [-0.15, -0.1) is 0 Å². The number of benzene rings is 2. The molecule has 0 radical (unpaired) electrons. The van der Waals surface area contributed by atoms with Crippen LogP contribution in [0.25, 0.3) is 0 Å². The molecular weight excluding hydrogens is 539 g/mol. The second kappa shape index (κ2) is 10.4. The molecule has 2 aromatic carbocycles. The zero-order valence-electron chi connectivity index (χ0n) is 18.9. The van der Waals surface area contributed by atoms with Crippen molar-refractivity contribution in [1.82, 2.24) is 9.03 Å². The molecule has 4 rings (SSSR count). The second-order valence-corrected chi connectivity index (χ2v) is 12.3. The summed E-state index contributed by atoms with van der Waals surface area (Å²) < 4.78 is 76.8. The van der Waals surface area contributed by atoms with E-state index in [1.807, 2.05) is 0 Å². The van der Waals surface area contributed by atoms with Crippen LogP contribution in [-0.2, 0) is 20.2 Å². The fraction of sp³-hybridized carbons (Fsp3) is 0.381. The molecule has 0 aliphatic carbocycles. The van der Waals surface area contributed by atoms with Gasteiger partial charge in [-0.2, -0.15) is 17.4 Å². The number of carboxylic acid groups (broad SMARTS) is 1. The lowest BCUT2D eigenvalue weighted by Crippen LogP contribution is -2.51. The summed E-state index contributed by atoms with van der Waals surface area (Å²) >= 11 is 5.80. The summed E-state index contributed by atoms with van der Waals surface area (Å²) in [5, 5.41) is 10.8. The van der Waals surface area contributed by atoms with E-state index in [1.165, 1.54) is 22.5 Å². The van der Waals surface area contributed by atoms with Gasteiger partial charge in [-0.05, 0) is 49.2 Å². The smallest absolute Gasteiger partial charge is 0.409 e. The Kier molecular flexibility index (Phi) is 7.61. The molecule has 1 amide bonds. The van der Waals surface area contributed by atoms with E-state index >= 15 is 0 Å². The van der Waals surface area contributed by atoms with Gasteiger partial charge in [0.15, 0.2) is 0 Å². The minimum atomic E-state index is -4.33. The third kappa shape index (κ3) is 5.67. The number of anilines is 2. The van der Waals surface area contributed by atoms with E-state index in [9.17, 15) is 26.0 Å². The quantitative estimate of drug-likeness (QED) is 0.470. The summed E-state index contributed by atoms with van der Waals surface area (Å²) in [6.07, 6.45) is 0.200. The van der Waals surface area contributed by atoms with Gasteiger partial charge in [0, 0.05) is 18.8 Å². The molecule has 3 N–H and O–H groups in total. The molecule has 0 aromatic heterocycles. The summed E-state index contributed by atoms with van der Waals surface area (Å²) in [5.74, 6) is -0.702. The maximum atomic E-state index is 13.7. The second-order valence-electron chi connectivity index (χ2n) is 8.28. The first-order valence-electron chi connectivity index (χ1n) is 11.0. The number of carbonyl (C=O) groups is 1. The molecule has 1 saturated heterocycles. The molecule has 2 aliphatic heterocycles. The molecule has 1 atom stereocenters. The summed E-state index contributed by atoms with van der Waals surface area (Å²) in [7, 11) is -8.12. The molecule has 2 heterocycles. The maximum Gasteiger partial charge on any atom is 0.409 e. The monoisotopic (exact) mass is 562 g/mol. The van der Waals surface area contributed by atoms with Crippen LogP contribution < -0.4 is 19.1 Å². The zero-order valence-corrected chi connectivity index (χ0v) is 21.2. The van der Waals surface area contributed by atoms with Crippen molar-refractivity contribution in [2.45, 2.75) is 30.3 Å². The molecular formula is C21H24ClFN4O7S2. The standard InChI is InChI=1S/C21H24ClFN4O7S2/c22-17-11-16(5-6-18(17)23)35(30,31)27-13-15(12-24-36(32,33)26-8-2-1-3-9-26)34-20-7-4-14(10-19(20)27)25-21(28)29/h4-7,10-11,15,24-25H,1-3,8-9,12-13H2,(H,28,29). The van der Waals surface area contributed by atoms with Crippen LogP contribution in [0.4, 0.5) is 20.6 Å². The summed E-state index contributed by atoms with van der Waals surface area (Å²) in [6, 6.07) is 6.98. The molecule has 1 unspecified atom stereocenters. The molecule has 0 bridgehead atoms. The first-order valence-corrected chi connectivity index (χ1v) is 14.3. The van der Waals surface area contributed by atoms with Gasteiger partial charge in [-0.25, -0.2) is 17.6 Å². The molecule has 0 spiro atoms. The number of fused-ring (bicyclic) bond motifs is 1. The molecule has 196 valence electrons. The number of rotatable bonds is 7. The van der Waals surface area contributed by atoms with Gasteiger partial charge in [0.25, 0.3) is 20.2 Å². The van der Waals surface area contributed by atoms with Crippen molar-refractivity contribution in [2.24, 2.45) is 0 Å². The van der Waals surface area contributed by atoms with Crippen LogP contribution in [0, 0.1) is 5.82 Å². The molecule has 2 aliphatic rings. The van der Waals surface area contributed by atoms with Gasteiger partial charge in [0.2, 0.25) is 0 Å². The first-order chi connectivity index (χ1) is 17.0. The van der Waals surface area contributed by atoms with Gasteiger partial charge < -0.3 is 9.84 Å². The average molecular weight is 563 g/mol. The molecule has 11 nitrogen and oxygen atoms in total. The van der Waals surface area contributed by atoms with E-state index < -0.39 is 43.3 Å². The highest BCUT2D eigenvalue weighted by Crippen LogP contribution is 2.39. The number of nitrogens with one attached hydrogen (secondary N) is 2. The Morgan fingerprint density at radius 2 is 1.83 bits per heavy atom. The van der Waals surface area contributed by atoms with Crippen LogP contribution in [0.1, 0.15) is 19.3 Å². The van der Waals surface area contributed by atoms with E-state index in [4.69, 9.17) is 21.4 Å². The van der Waals surface area contributed by atoms with Crippen molar-refractivity contribution in [3.8, 4) is 5.75 Å². The fourth-order valence-corrected chi connectivity index (χ4v) is 7.10. The van der Waals surface area contributed by atoms with Crippen molar-refractivity contribution < 1.29 is 35.9 Å². The average Bonchev–Trinajstić information content (AvgIpc) is 2.84. The van der Waals surface area contributed by atoms with E-state index in [0.717, 1.165) is 41.8 Å². The van der Waals surface area contributed by atoms with E-state index in [-0.39, 0.29) is 35.1 Å². The predicted molar refractivity (Wildman–Crippen MR) is 131 cm³/mol. The van der Waals surface area contributed by atoms with Crippen molar-refractivity contribution in [2.75, 3.05) is 35.8 Å². The van der Waals surface area contributed by atoms with Crippen LogP contribution in [-0.4, -0.2) is 64.6 Å². The first kappa shape index (κ1) is 26.4. The Morgan fingerprint density at radius 1 is 1.11 bits per heavy atom. The van der Waals surface area contributed by atoms with Crippen molar-refractivity contribution in [1.29, 1.82) is 0 Å².